The smallest absolute Gasteiger partial charge is 0.407 e. The molecule has 0 unspecified atom stereocenters. The molecule has 0 saturated carbocycles. The summed E-state index contributed by atoms with van der Waals surface area (Å²) in [5.74, 6) is 0.498. The quantitative estimate of drug-likeness (QED) is 0.495. The molecule has 1 aromatic carbocycles. The van der Waals surface area contributed by atoms with Crippen molar-refractivity contribution >= 4 is 11.8 Å². The van der Waals surface area contributed by atoms with E-state index in [9.17, 15) is 14.9 Å². The van der Waals surface area contributed by atoms with Gasteiger partial charge in [-0.1, -0.05) is 0 Å². The van der Waals surface area contributed by atoms with Crippen molar-refractivity contribution in [2.24, 2.45) is 0 Å². The maximum absolute atomic E-state index is 11.4. The standard InChI is InChI=1S/C14H19N2O5/c1-14(2,3)21-13(17)15-9-4-10-20-12-7-5-11(6-8-12)16(18)19/h5,7-8H,4,9-10H2,1-3H3,(H,15,17). The number of hydrogen-bond donors (Lipinski definition) is 1. The molecule has 0 aromatic heterocycles. The van der Waals surface area contributed by atoms with E-state index in [4.69, 9.17) is 9.47 Å². The van der Waals surface area contributed by atoms with E-state index in [-0.39, 0.29) is 5.69 Å². The summed E-state index contributed by atoms with van der Waals surface area (Å²) in [6.07, 6.45) is 0.127. The van der Waals surface area contributed by atoms with Crippen LogP contribution in [0.4, 0.5) is 10.5 Å². The van der Waals surface area contributed by atoms with Crippen LogP contribution < -0.4 is 10.1 Å². The zero-order valence-corrected chi connectivity index (χ0v) is 12.3. The Hall–Kier alpha value is -2.31. The van der Waals surface area contributed by atoms with Crippen LogP contribution in [0.15, 0.2) is 18.2 Å². The SMILES string of the molecule is CC(C)(C)OC(=O)NCCCOc1c[c]c([N+](=O)[O-])cc1. The Balaban J connectivity index is 2.19. The fraction of sp³-hybridized carbons (Fsp3) is 0.500. The third kappa shape index (κ3) is 7.14. The first-order valence-corrected chi connectivity index (χ1v) is 6.54. The average molecular weight is 295 g/mol. The van der Waals surface area contributed by atoms with Crippen LogP contribution in [0.25, 0.3) is 0 Å². The number of nitro benzene ring substituents is 1. The molecule has 115 valence electrons. The topological polar surface area (TPSA) is 90.7 Å². The molecule has 1 N–H and O–H groups in total. The van der Waals surface area contributed by atoms with Gasteiger partial charge < -0.3 is 14.8 Å². The van der Waals surface area contributed by atoms with Gasteiger partial charge in [0.05, 0.1) is 17.6 Å². The van der Waals surface area contributed by atoms with Crippen LogP contribution in [-0.2, 0) is 4.74 Å². The van der Waals surface area contributed by atoms with E-state index in [1.54, 1.807) is 20.8 Å². The molecule has 0 bridgehead atoms. The van der Waals surface area contributed by atoms with Crippen LogP contribution in [0, 0.1) is 16.2 Å². The first-order chi connectivity index (χ1) is 9.78. The molecule has 21 heavy (non-hydrogen) atoms. The van der Waals surface area contributed by atoms with Crippen LogP contribution in [-0.4, -0.2) is 29.8 Å². The van der Waals surface area contributed by atoms with E-state index in [1.807, 2.05) is 0 Å². The Morgan fingerprint density at radius 1 is 1.43 bits per heavy atom. The fourth-order valence-electron chi connectivity index (χ4n) is 1.37. The molecule has 7 nitrogen and oxygen atoms in total. The van der Waals surface area contributed by atoms with Crippen molar-refractivity contribution in [3.63, 3.8) is 0 Å². The number of ether oxygens (including phenoxy) is 2. The Bertz CT molecular complexity index is 479. The lowest BCUT2D eigenvalue weighted by molar-refractivity contribution is -0.385. The Kier molecular flexibility index (Phi) is 5.95. The lowest BCUT2D eigenvalue weighted by atomic mass is 10.2. The highest BCUT2D eigenvalue weighted by atomic mass is 16.6. The number of amides is 1. The second-order valence-corrected chi connectivity index (χ2v) is 5.30. The van der Waals surface area contributed by atoms with E-state index in [1.165, 1.54) is 18.2 Å². The molecule has 0 atom stereocenters. The predicted molar refractivity (Wildman–Crippen MR) is 76.3 cm³/mol. The van der Waals surface area contributed by atoms with E-state index >= 15 is 0 Å². The zero-order chi connectivity index (χ0) is 15.9. The van der Waals surface area contributed by atoms with Gasteiger partial charge in [0.2, 0.25) is 0 Å². The normalized spacial score (nSPS) is 10.8. The highest BCUT2D eigenvalue weighted by Gasteiger charge is 2.15. The van der Waals surface area contributed by atoms with E-state index < -0.39 is 16.6 Å². The summed E-state index contributed by atoms with van der Waals surface area (Å²) in [6.45, 7) is 6.18. The second kappa shape index (κ2) is 7.47. The minimum atomic E-state index is -0.519. The molecular formula is C14H19N2O5. The first-order valence-electron chi connectivity index (χ1n) is 6.54. The highest BCUT2D eigenvalue weighted by Crippen LogP contribution is 2.16. The molecule has 1 radical (unpaired) electrons. The lowest BCUT2D eigenvalue weighted by Crippen LogP contribution is -2.33. The zero-order valence-electron chi connectivity index (χ0n) is 12.3. The Morgan fingerprint density at radius 3 is 2.67 bits per heavy atom. The molecule has 0 aliphatic carbocycles. The van der Waals surface area contributed by atoms with Crippen LogP contribution in [0.2, 0.25) is 0 Å². The number of non-ortho nitro benzene ring substituents is 1. The van der Waals surface area contributed by atoms with Crippen molar-refractivity contribution in [2.75, 3.05) is 13.2 Å². The Morgan fingerprint density at radius 2 is 2.14 bits per heavy atom. The van der Waals surface area contributed by atoms with Crippen LogP contribution in [0.3, 0.4) is 0 Å². The number of hydrogen-bond acceptors (Lipinski definition) is 5. The van der Waals surface area contributed by atoms with Crippen LogP contribution in [0.1, 0.15) is 27.2 Å². The summed E-state index contributed by atoms with van der Waals surface area (Å²) in [5.41, 5.74) is -0.622. The van der Waals surface area contributed by atoms with Crippen molar-refractivity contribution in [3.8, 4) is 5.75 Å². The van der Waals surface area contributed by atoms with E-state index in [0.717, 1.165) is 0 Å². The van der Waals surface area contributed by atoms with Gasteiger partial charge in [-0.25, -0.2) is 4.79 Å². The van der Waals surface area contributed by atoms with Crippen molar-refractivity contribution in [2.45, 2.75) is 32.8 Å². The molecule has 1 amide bonds. The summed E-state index contributed by atoms with van der Waals surface area (Å²) >= 11 is 0. The molecule has 0 aliphatic rings. The van der Waals surface area contributed by atoms with Gasteiger partial charge in [-0.05, 0) is 39.3 Å². The van der Waals surface area contributed by atoms with Crippen molar-refractivity contribution < 1.29 is 19.2 Å². The van der Waals surface area contributed by atoms with Gasteiger partial charge >= 0.3 is 6.09 Å². The third-order valence-corrected chi connectivity index (χ3v) is 2.22. The number of nitrogens with one attached hydrogen (secondary N) is 1. The molecule has 0 fully saturated rings. The monoisotopic (exact) mass is 295 g/mol. The number of carbonyl (C=O) groups excluding carboxylic acids is 1. The van der Waals surface area contributed by atoms with Crippen LogP contribution in [0.5, 0.6) is 5.75 Å². The highest BCUT2D eigenvalue weighted by molar-refractivity contribution is 5.67. The lowest BCUT2D eigenvalue weighted by Gasteiger charge is -2.19. The summed E-state index contributed by atoms with van der Waals surface area (Å²) in [6, 6.07) is 6.76. The second-order valence-electron chi connectivity index (χ2n) is 5.30. The molecule has 7 heteroatoms. The number of carbonyl (C=O) groups is 1. The predicted octanol–water partition coefficient (Wildman–Crippen LogP) is 2.69. The maximum atomic E-state index is 11.4. The molecule has 1 aromatic rings. The van der Waals surface area contributed by atoms with Gasteiger partial charge in [-0.2, -0.15) is 0 Å². The minimum absolute atomic E-state index is 0.103. The third-order valence-electron chi connectivity index (χ3n) is 2.22. The average Bonchev–Trinajstić information content (AvgIpc) is 2.36. The molecule has 0 saturated heterocycles. The van der Waals surface area contributed by atoms with Gasteiger partial charge in [-0.3, -0.25) is 10.1 Å². The summed E-state index contributed by atoms with van der Waals surface area (Å²) < 4.78 is 10.5. The maximum Gasteiger partial charge on any atom is 0.407 e. The summed E-state index contributed by atoms with van der Waals surface area (Å²) in [4.78, 5) is 21.3. The van der Waals surface area contributed by atoms with Crippen LogP contribution >= 0.6 is 0 Å². The van der Waals surface area contributed by atoms with E-state index in [0.29, 0.717) is 25.3 Å². The van der Waals surface area contributed by atoms with Gasteiger partial charge in [0.15, 0.2) is 0 Å². The van der Waals surface area contributed by atoms with Crippen molar-refractivity contribution in [3.05, 3.63) is 34.4 Å². The number of nitro groups is 1. The van der Waals surface area contributed by atoms with Crippen molar-refractivity contribution in [1.82, 2.24) is 5.32 Å². The number of rotatable bonds is 6. The van der Waals surface area contributed by atoms with Crippen molar-refractivity contribution in [1.29, 1.82) is 0 Å². The van der Waals surface area contributed by atoms with Gasteiger partial charge in [0, 0.05) is 12.6 Å². The number of benzene rings is 1. The van der Waals surface area contributed by atoms with Gasteiger partial charge in [0.1, 0.15) is 11.4 Å². The summed E-state index contributed by atoms with van der Waals surface area (Å²) in [5, 5.41) is 13.1. The Labute approximate surface area is 123 Å². The van der Waals surface area contributed by atoms with Gasteiger partial charge in [0.25, 0.3) is 5.69 Å². The summed E-state index contributed by atoms with van der Waals surface area (Å²) in [7, 11) is 0. The fourth-order valence-corrected chi connectivity index (χ4v) is 1.37. The van der Waals surface area contributed by atoms with E-state index in [2.05, 4.69) is 11.4 Å². The largest absolute Gasteiger partial charge is 0.493 e. The van der Waals surface area contributed by atoms with Gasteiger partial charge in [-0.15, -0.1) is 0 Å². The molecule has 0 aliphatic heterocycles. The minimum Gasteiger partial charge on any atom is -0.493 e. The molecule has 0 spiro atoms. The molecular weight excluding hydrogens is 276 g/mol. The number of alkyl carbamates (subject to hydrolysis) is 1. The molecule has 0 heterocycles. The number of nitrogens with zero attached hydrogens (tertiary/aromatic N) is 1. The first kappa shape index (κ1) is 16.7. The molecule has 1 rings (SSSR count).